The molecule has 0 bridgehead atoms. The highest BCUT2D eigenvalue weighted by Gasteiger charge is 2.29. The van der Waals surface area contributed by atoms with Crippen molar-refractivity contribution in [2.75, 3.05) is 136 Å². The molecule has 4 aromatic heterocycles. The Morgan fingerprint density at radius 1 is 0.477 bits per heavy atom. The molecule has 7 amide bonds. The maximum absolute atomic E-state index is 13.0. The molecule has 0 spiro atoms. The van der Waals surface area contributed by atoms with Gasteiger partial charge in [-0.05, 0) is 142 Å². The Morgan fingerprint density at radius 3 is 1.22 bits per heavy atom. The van der Waals surface area contributed by atoms with Gasteiger partial charge in [-0.25, -0.2) is 33.4 Å². The highest BCUT2D eigenvalue weighted by molar-refractivity contribution is 6.02. The van der Waals surface area contributed by atoms with Gasteiger partial charge in [-0.15, -0.1) is 10.2 Å². The summed E-state index contributed by atoms with van der Waals surface area (Å²) >= 11 is 0. The van der Waals surface area contributed by atoms with Gasteiger partial charge in [0.25, 0.3) is 11.8 Å². The van der Waals surface area contributed by atoms with Crippen LogP contribution in [0.3, 0.4) is 0 Å². The van der Waals surface area contributed by atoms with Crippen molar-refractivity contribution >= 4 is 75.4 Å². The predicted octanol–water partition coefficient (Wildman–Crippen LogP) is 8.13. The molecule has 4 saturated heterocycles. The number of amides is 7. The Hall–Kier alpha value is -9.65. The first kappa shape index (κ1) is 59.5. The first-order valence-electron chi connectivity index (χ1n) is 28.5. The van der Waals surface area contributed by atoms with Crippen molar-refractivity contribution in [1.82, 2.24) is 49.2 Å². The van der Waals surface area contributed by atoms with Crippen LogP contribution in [-0.4, -0.2) is 184 Å². The number of carbonyl (C=O) groups is 5. The second-order valence-corrected chi connectivity index (χ2v) is 21.7. The van der Waals surface area contributed by atoms with E-state index in [0.29, 0.717) is 111 Å². The fourth-order valence-corrected chi connectivity index (χ4v) is 10.1. The van der Waals surface area contributed by atoms with Gasteiger partial charge >= 0.3 is 18.2 Å². The van der Waals surface area contributed by atoms with E-state index in [9.17, 15) is 24.0 Å². The highest BCUT2D eigenvalue weighted by Crippen LogP contribution is 2.28. The van der Waals surface area contributed by atoms with Gasteiger partial charge in [0.15, 0.2) is 23.3 Å². The number of aromatic nitrogens is 6. The summed E-state index contributed by atoms with van der Waals surface area (Å²) in [6, 6.07) is 35.6. The minimum Gasteiger partial charge on any atom is -0.444 e. The highest BCUT2D eigenvalue weighted by atomic mass is 16.6. The molecule has 0 saturated carbocycles. The molecule has 5 N–H and O–H groups in total. The van der Waals surface area contributed by atoms with Crippen LogP contribution in [0.4, 0.5) is 48.8 Å². The van der Waals surface area contributed by atoms with E-state index in [4.69, 9.17) is 24.2 Å². The van der Waals surface area contributed by atoms with Gasteiger partial charge in [0.1, 0.15) is 16.6 Å². The third kappa shape index (κ3) is 14.6. The average Bonchev–Trinajstić information content (AvgIpc) is 3.08. The molecule has 8 aromatic rings. The third-order valence-corrected chi connectivity index (χ3v) is 14.6. The van der Waals surface area contributed by atoms with Crippen LogP contribution in [0.25, 0.3) is 33.8 Å². The zero-order chi connectivity index (χ0) is 58.9. The lowest BCUT2D eigenvalue weighted by Crippen LogP contribution is -2.51. The molecule has 0 radical (unpaired) electrons. The molecular weight excluding hydrogens is 1100 g/mol. The third-order valence-electron chi connectivity index (χ3n) is 14.6. The number of fused-ring (bicyclic) bond motifs is 2. The molecule has 4 aliphatic rings. The molecule has 4 aliphatic heterocycles. The van der Waals surface area contributed by atoms with Crippen molar-refractivity contribution in [3.05, 3.63) is 145 Å². The van der Waals surface area contributed by atoms with Crippen LogP contribution in [0.15, 0.2) is 134 Å². The van der Waals surface area contributed by atoms with Crippen molar-refractivity contribution in [2.24, 2.45) is 0 Å². The molecule has 24 nitrogen and oxygen atoms in total. The summed E-state index contributed by atoms with van der Waals surface area (Å²) in [4.78, 5) is 82.6. The van der Waals surface area contributed by atoms with Crippen molar-refractivity contribution in [3.63, 3.8) is 0 Å². The number of nitrogens with one attached hydrogen (secondary N) is 5. The molecule has 448 valence electrons. The van der Waals surface area contributed by atoms with Crippen molar-refractivity contribution in [1.29, 1.82) is 0 Å². The second kappa shape index (κ2) is 26.9. The number of hydrogen-bond acceptors (Lipinski definition) is 15. The lowest BCUT2D eigenvalue weighted by molar-refractivity contribution is 0.0140. The number of rotatable bonds is 10. The summed E-state index contributed by atoms with van der Waals surface area (Å²) in [5.74, 6) is 2.82. The van der Waals surface area contributed by atoms with E-state index >= 15 is 0 Å². The molecule has 4 fully saturated rings. The van der Waals surface area contributed by atoms with E-state index in [1.165, 1.54) is 0 Å². The molecule has 0 aliphatic carbocycles. The average molecular weight is 1170 g/mol. The topological polar surface area (TPSA) is 250 Å². The van der Waals surface area contributed by atoms with Gasteiger partial charge < -0.3 is 65.3 Å². The molecule has 8 heterocycles. The van der Waals surface area contributed by atoms with Gasteiger partial charge in [0.05, 0.1) is 26.4 Å². The zero-order valence-electron chi connectivity index (χ0n) is 47.7. The smallest absolute Gasteiger partial charge is 0.410 e. The fraction of sp³-hybridized carbons (Fsp3) is 0.339. The van der Waals surface area contributed by atoms with E-state index in [1.807, 2.05) is 108 Å². The first-order chi connectivity index (χ1) is 41.3. The maximum atomic E-state index is 13.0. The largest absolute Gasteiger partial charge is 0.444 e. The molecule has 12 rings (SSSR count). The van der Waals surface area contributed by atoms with E-state index in [0.717, 1.165) is 73.1 Å². The predicted molar refractivity (Wildman–Crippen MR) is 330 cm³/mol. The van der Waals surface area contributed by atoms with E-state index in [-0.39, 0.29) is 31.4 Å². The lowest BCUT2D eigenvalue weighted by atomic mass is 10.1. The number of hydrogen-bond donors (Lipinski definition) is 5. The minimum atomic E-state index is -0.566. The number of urea groups is 2. The first-order valence-corrected chi connectivity index (χ1v) is 28.5. The van der Waals surface area contributed by atoms with E-state index < -0.39 is 11.6 Å². The van der Waals surface area contributed by atoms with Gasteiger partial charge in [0.2, 0.25) is 0 Å². The van der Waals surface area contributed by atoms with Gasteiger partial charge in [0, 0.05) is 136 Å². The van der Waals surface area contributed by atoms with Crippen molar-refractivity contribution in [2.45, 2.75) is 33.8 Å². The van der Waals surface area contributed by atoms with Crippen molar-refractivity contribution in [3.8, 4) is 22.8 Å². The van der Waals surface area contributed by atoms with Crippen LogP contribution in [0, 0.1) is 0 Å². The minimum absolute atomic E-state index is 0. The second-order valence-electron chi connectivity index (χ2n) is 21.7. The van der Waals surface area contributed by atoms with Crippen LogP contribution >= 0.6 is 0 Å². The SMILES string of the molecule is C.CC(C)(C)OC(=O)N1CCN(C(=O)c2ccc(NC(=O)Nc3ccc(-c4nc(N5CCOCC5)c5cccn5n4)cc3)cc2)CC1.O=C(Nc1ccc(C(=O)N2CCNCC2)cc1)Nc1ccc(-c2nc(N3CCOCC3)c3cccn3n2)cc1. The monoisotopic (exact) mass is 1170 g/mol. The summed E-state index contributed by atoms with van der Waals surface area (Å²) in [5.41, 5.74) is 6.50. The number of nitrogens with zero attached hydrogens (tertiary/aromatic N) is 11. The molecule has 4 aromatic carbocycles. The van der Waals surface area contributed by atoms with Crippen molar-refractivity contribution < 1.29 is 38.2 Å². The number of ether oxygens (including phenoxy) is 3. The van der Waals surface area contributed by atoms with E-state index in [1.54, 1.807) is 70.5 Å². The Bertz CT molecular complexity index is 3640. The normalized spacial score (nSPS) is 15.5. The van der Waals surface area contributed by atoms with Gasteiger partial charge in [-0.3, -0.25) is 9.59 Å². The van der Waals surface area contributed by atoms with Gasteiger partial charge in [-0.1, -0.05) is 7.43 Å². The number of piperazine rings is 2. The van der Waals surface area contributed by atoms with Crippen LogP contribution in [-0.2, 0) is 14.2 Å². The van der Waals surface area contributed by atoms with Crippen LogP contribution in [0.5, 0.6) is 0 Å². The van der Waals surface area contributed by atoms with Crippen LogP contribution in [0.2, 0.25) is 0 Å². The lowest BCUT2D eigenvalue weighted by Gasteiger charge is -2.35. The molecule has 24 heteroatoms. The quantitative estimate of drug-likeness (QED) is 0.0867. The number of benzene rings is 4. The Kier molecular flexibility index (Phi) is 18.6. The Balaban J connectivity index is 0.000000191. The summed E-state index contributed by atoms with van der Waals surface area (Å²) in [5, 5.41) is 23.9. The number of morpholine rings is 2. The Morgan fingerprint density at radius 2 is 0.837 bits per heavy atom. The summed E-state index contributed by atoms with van der Waals surface area (Å²) in [6.07, 6.45) is 3.45. The Labute approximate surface area is 498 Å². The summed E-state index contributed by atoms with van der Waals surface area (Å²) < 4.78 is 20.1. The van der Waals surface area contributed by atoms with Gasteiger partial charge in [-0.2, -0.15) is 0 Å². The zero-order valence-corrected chi connectivity index (χ0v) is 47.7. The molecular formula is C62H72N16O8. The van der Waals surface area contributed by atoms with E-state index in [2.05, 4.69) is 46.6 Å². The number of carbonyl (C=O) groups excluding carboxylic acids is 5. The maximum Gasteiger partial charge on any atom is 0.410 e. The summed E-state index contributed by atoms with van der Waals surface area (Å²) in [7, 11) is 0. The fourth-order valence-electron chi connectivity index (χ4n) is 10.1. The molecule has 86 heavy (non-hydrogen) atoms. The number of anilines is 6. The van der Waals surface area contributed by atoms with Crippen LogP contribution < -0.4 is 36.4 Å². The summed E-state index contributed by atoms with van der Waals surface area (Å²) in [6.45, 7) is 15.9. The molecule has 0 atom stereocenters. The van der Waals surface area contributed by atoms with Crippen LogP contribution in [0.1, 0.15) is 48.9 Å². The molecule has 0 unspecified atom stereocenters. The standard InChI is InChI=1S/C33H38N8O5.C28H30N8O3.CH4/c1-33(2,3)46-32(44)40-17-15-39(16-18-40)30(42)24-8-12-26(13-9-24)35-31(43)34-25-10-6-23(7-11-25)28-36-29(38-19-21-45-22-20-38)27-5-4-14-41(27)37-28;37-27(35-14-11-29-12-15-35)21-5-9-23(10-6-21)31-28(38)30-22-7-3-20(4-8-22)25-32-26(34-16-18-39-19-17-34)24-2-1-13-36(24)33-25;/h4-14H,15-22H2,1-3H3,(H2,34,35,43);1-10,13,29H,11-12,14-19H2,(H2,30,31,38);1H4.